The highest BCUT2D eigenvalue weighted by atomic mass is 35.5. The van der Waals surface area contributed by atoms with Crippen LogP contribution in [0.25, 0.3) is 0 Å². The number of halogens is 2. The van der Waals surface area contributed by atoms with Crippen molar-refractivity contribution >= 4 is 56.4 Å². The summed E-state index contributed by atoms with van der Waals surface area (Å²) < 4.78 is 26.5. The fraction of sp³-hybridized carbons (Fsp3) is 0.310. The molecule has 0 aromatic heterocycles. The van der Waals surface area contributed by atoms with Crippen LogP contribution in [0.15, 0.2) is 72.8 Å². The molecule has 3 aromatic carbocycles. The number of anilines is 1. The number of benzene rings is 3. The molecule has 0 aliphatic rings. The van der Waals surface area contributed by atoms with E-state index in [2.05, 4.69) is 5.32 Å². The van der Waals surface area contributed by atoms with Crippen LogP contribution in [0.3, 0.4) is 0 Å². The predicted molar refractivity (Wildman–Crippen MR) is 164 cm³/mol. The van der Waals surface area contributed by atoms with Crippen molar-refractivity contribution in [2.75, 3.05) is 17.1 Å². The van der Waals surface area contributed by atoms with E-state index in [1.807, 2.05) is 18.2 Å². The molecular weight excluding hydrogens is 603 g/mol. The number of non-ortho nitro benzene ring substituents is 1. The van der Waals surface area contributed by atoms with E-state index < -0.39 is 44.9 Å². The number of nitrogens with zero attached hydrogens (tertiary/aromatic N) is 3. The zero-order valence-corrected chi connectivity index (χ0v) is 25.9. The van der Waals surface area contributed by atoms with Gasteiger partial charge in [-0.1, -0.05) is 65.7 Å². The molecule has 0 aliphatic carbocycles. The third-order valence-corrected chi connectivity index (χ3v) is 8.02. The van der Waals surface area contributed by atoms with Gasteiger partial charge in [-0.15, -0.1) is 0 Å². The first kappa shape index (κ1) is 32.8. The van der Waals surface area contributed by atoms with Crippen molar-refractivity contribution in [1.29, 1.82) is 0 Å². The van der Waals surface area contributed by atoms with Crippen molar-refractivity contribution in [3.05, 3.63) is 104 Å². The number of nitro groups is 1. The van der Waals surface area contributed by atoms with E-state index in [1.165, 1.54) is 23.1 Å². The number of rotatable bonds is 11. The third-order valence-electron chi connectivity index (χ3n) is 6.17. The van der Waals surface area contributed by atoms with E-state index in [4.69, 9.17) is 23.2 Å². The number of sulfonamides is 1. The van der Waals surface area contributed by atoms with Crippen LogP contribution in [0.4, 0.5) is 11.4 Å². The van der Waals surface area contributed by atoms with Crippen molar-refractivity contribution in [3.8, 4) is 0 Å². The first-order valence-corrected chi connectivity index (χ1v) is 15.5. The van der Waals surface area contributed by atoms with Gasteiger partial charge in [0.2, 0.25) is 21.8 Å². The van der Waals surface area contributed by atoms with Gasteiger partial charge in [-0.05, 0) is 44.5 Å². The molecule has 0 bridgehead atoms. The predicted octanol–water partition coefficient (Wildman–Crippen LogP) is 5.22. The lowest BCUT2D eigenvalue weighted by Crippen LogP contribution is -2.56. The molecule has 1 atom stereocenters. The maximum atomic E-state index is 14.1. The van der Waals surface area contributed by atoms with Gasteiger partial charge in [0.05, 0.1) is 16.9 Å². The number of nitrogens with one attached hydrogen (secondary N) is 1. The molecule has 3 aromatic rings. The van der Waals surface area contributed by atoms with Crippen LogP contribution in [0, 0.1) is 10.1 Å². The van der Waals surface area contributed by atoms with Gasteiger partial charge < -0.3 is 10.2 Å². The highest BCUT2D eigenvalue weighted by molar-refractivity contribution is 7.92. The average Bonchev–Trinajstić information content (AvgIpc) is 2.89. The fourth-order valence-corrected chi connectivity index (χ4v) is 5.59. The molecule has 0 spiro atoms. The van der Waals surface area contributed by atoms with Crippen LogP contribution in [0.2, 0.25) is 10.0 Å². The first-order valence-electron chi connectivity index (χ1n) is 12.9. The largest absolute Gasteiger partial charge is 0.350 e. The Morgan fingerprint density at radius 3 is 2.12 bits per heavy atom. The lowest BCUT2D eigenvalue weighted by Gasteiger charge is -2.35. The Kier molecular flexibility index (Phi) is 10.6. The quantitative estimate of drug-likeness (QED) is 0.227. The molecule has 0 aliphatic heterocycles. The minimum atomic E-state index is -4.10. The molecule has 224 valence electrons. The van der Waals surface area contributed by atoms with E-state index in [9.17, 15) is 28.1 Å². The molecule has 0 radical (unpaired) electrons. The van der Waals surface area contributed by atoms with E-state index in [1.54, 1.807) is 51.1 Å². The summed E-state index contributed by atoms with van der Waals surface area (Å²) in [5, 5.41) is 14.8. The second-order valence-corrected chi connectivity index (χ2v) is 13.4. The van der Waals surface area contributed by atoms with Gasteiger partial charge in [0.1, 0.15) is 12.6 Å². The molecule has 3 rings (SSSR count). The number of nitro benzene ring substituents is 1. The zero-order valence-electron chi connectivity index (χ0n) is 23.6. The van der Waals surface area contributed by atoms with Gasteiger partial charge in [-0.25, -0.2) is 8.42 Å². The number of carbonyl (C=O) groups is 2. The van der Waals surface area contributed by atoms with Crippen molar-refractivity contribution < 1.29 is 22.9 Å². The second-order valence-electron chi connectivity index (χ2n) is 10.7. The Morgan fingerprint density at radius 1 is 0.976 bits per heavy atom. The number of carbonyl (C=O) groups excluding carboxylic acids is 2. The zero-order chi connectivity index (χ0) is 31.2. The maximum Gasteiger partial charge on any atom is 0.271 e. The van der Waals surface area contributed by atoms with Crippen molar-refractivity contribution in [2.24, 2.45) is 0 Å². The molecule has 0 heterocycles. The van der Waals surface area contributed by atoms with E-state index in [0.717, 1.165) is 22.2 Å². The van der Waals surface area contributed by atoms with Gasteiger partial charge in [-0.3, -0.25) is 24.0 Å². The van der Waals surface area contributed by atoms with Crippen LogP contribution in [-0.4, -0.2) is 54.4 Å². The van der Waals surface area contributed by atoms with Crippen LogP contribution >= 0.6 is 23.2 Å². The SMILES string of the molecule is CC(C)(C)NC(=O)C(Cc1ccccc1)N(Cc1c(Cl)cccc1Cl)C(=O)CN(c1cccc([N+](=O)[O-])c1)S(C)(=O)=O. The number of hydrogen-bond donors (Lipinski definition) is 1. The molecule has 1 unspecified atom stereocenters. The normalized spacial score (nSPS) is 12.3. The topological polar surface area (TPSA) is 130 Å². The number of amides is 2. The summed E-state index contributed by atoms with van der Waals surface area (Å²) in [6.07, 6.45) is 0.994. The highest BCUT2D eigenvalue weighted by Gasteiger charge is 2.35. The smallest absolute Gasteiger partial charge is 0.271 e. The Balaban J connectivity index is 2.14. The first-order chi connectivity index (χ1) is 19.6. The van der Waals surface area contributed by atoms with Crippen LogP contribution in [-0.2, 0) is 32.6 Å². The molecule has 1 N–H and O–H groups in total. The van der Waals surface area contributed by atoms with Crippen molar-refractivity contribution in [1.82, 2.24) is 10.2 Å². The van der Waals surface area contributed by atoms with Gasteiger partial charge >= 0.3 is 0 Å². The summed E-state index contributed by atoms with van der Waals surface area (Å²) in [5.74, 6) is -1.21. The standard InChI is InChI=1S/C29H32Cl2N4O6S/c1-29(2,3)32-28(37)26(16-20-10-6-5-7-11-20)33(18-23-24(30)14-9-15-25(23)31)27(36)19-34(42(4,40)41)21-12-8-13-22(17-21)35(38)39/h5-15,17,26H,16,18-19H2,1-4H3,(H,32,37). The highest BCUT2D eigenvalue weighted by Crippen LogP contribution is 2.29. The Morgan fingerprint density at radius 2 is 1.57 bits per heavy atom. The van der Waals surface area contributed by atoms with Gasteiger partial charge in [0, 0.05) is 46.2 Å². The molecule has 0 saturated carbocycles. The monoisotopic (exact) mass is 634 g/mol. The molecule has 0 saturated heterocycles. The Bertz CT molecular complexity index is 1540. The lowest BCUT2D eigenvalue weighted by molar-refractivity contribution is -0.384. The minimum Gasteiger partial charge on any atom is -0.350 e. The van der Waals surface area contributed by atoms with Crippen LogP contribution < -0.4 is 9.62 Å². The third kappa shape index (κ3) is 8.91. The molecule has 10 nitrogen and oxygen atoms in total. The summed E-state index contributed by atoms with van der Waals surface area (Å²) in [5.41, 5.74) is 0.0598. The van der Waals surface area contributed by atoms with Gasteiger partial charge in [0.15, 0.2) is 0 Å². The van der Waals surface area contributed by atoms with Crippen LogP contribution in [0.1, 0.15) is 31.9 Å². The molecule has 42 heavy (non-hydrogen) atoms. The average molecular weight is 636 g/mol. The fourth-order valence-electron chi connectivity index (χ4n) is 4.24. The summed E-state index contributed by atoms with van der Waals surface area (Å²) in [6.45, 7) is 4.45. The second kappa shape index (κ2) is 13.5. The van der Waals surface area contributed by atoms with Crippen LogP contribution in [0.5, 0.6) is 0 Å². The lowest BCUT2D eigenvalue weighted by atomic mass is 10.0. The van der Waals surface area contributed by atoms with E-state index in [-0.39, 0.29) is 34.4 Å². The Hall–Kier alpha value is -3.67. The van der Waals surface area contributed by atoms with E-state index in [0.29, 0.717) is 5.56 Å². The van der Waals surface area contributed by atoms with Crippen molar-refractivity contribution in [2.45, 2.75) is 45.3 Å². The maximum absolute atomic E-state index is 14.1. The van der Waals surface area contributed by atoms with E-state index >= 15 is 0 Å². The molecular formula is C29H32Cl2N4O6S. The summed E-state index contributed by atoms with van der Waals surface area (Å²) in [6, 6.07) is 17.7. The summed E-state index contributed by atoms with van der Waals surface area (Å²) >= 11 is 12.9. The summed E-state index contributed by atoms with van der Waals surface area (Å²) in [7, 11) is -4.10. The van der Waals surface area contributed by atoms with Crippen molar-refractivity contribution in [3.63, 3.8) is 0 Å². The molecule has 13 heteroatoms. The minimum absolute atomic E-state index is 0.0745. The molecule has 0 fully saturated rings. The Labute approximate surface area is 255 Å². The molecule has 2 amide bonds. The summed E-state index contributed by atoms with van der Waals surface area (Å²) in [4.78, 5) is 39.9. The van der Waals surface area contributed by atoms with Gasteiger partial charge in [0.25, 0.3) is 5.69 Å². The van der Waals surface area contributed by atoms with Gasteiger partial charge in [-0.2, -0.15) is 0 Å². The number of hydrogen-bond acceptors (Lipinski definition) is 6.